The summed E-state index contributed by atoms with van der Waals surface area (Å²) in [4.78, 5) is 13.2. The highest BCUT2D eigenvalue weighted by atomic mass is 32.2. The Morgan fingerprint density at radius 3 is 2.10 bits per heavy atom. The van der Waals surface area contributed by atoms with E-state index < -0.39 is 26.0 Å². The number of nitrogens with zero attached hydrogens (tertiary/aromatic N) is 1. The standard InChI is InChI=1S/C28H33N3O6S2/c1-4-37-24-10-6-23(7-11-24)30-38(33,34)25-13-8-22(9-14-25)29-28(32)27-19-26(12-5-21(27)3)39(35,36)31-17-15-20(2)16-18-31/h5-14,19-20,30H,4,15-18H2,1-3H3,(H,29,32). The maximum atomic E-state index is 13.2. The number of anilines is 2. The van der Waals surface area contributed by atoms with Crippen molar-refractivity contribution in [1.82, 2.24) is 4.31 Å². The molecule has 1 heterocycles. The molecule has 0 spiro atoms. The predicted octanol–water partition coefficient (Wildman–Crippen LogP) is 4.87. The van der Waals surface area contributed by atoms with E-state index in [-0.39, 0.29) is 15.4 Å². The van der Waals surface area contributed by atoms with Crippen LogP contribution in [0.3, 0.4) is 0 Å². The van der Waals surface area contributed by atoms with Crippen molar-refractivity contribution >= 4 is 37.3 Å². The van der Waals surface area contributed by atoms with E-state index in [2.05, 4.69) is 17.0 Å². The van der Waals surface area contributed by atoms with Crippen molar-refractivity contribution < 1.29 is 26.4 Å². The number of ether oxygens (including phenoxy) is 1. The summed E-state index contributed by atoms with van der Waals surface area (Å²) >= 11 is 0. The van der Waals surface area contributed by atoms with Crippen LogP contribution < -0.4 is 14.8 Å². The van der Waals surface area contributed by atoms with Gasteiger partial charge >= 0.3 is 0 Å². The largest absolute Gasteiger partial charge is 0.494 e. The number of carbonyl (C=O) groups excluding carboxylic acids is 1. The van der Waals surface area contributed by atoms with Gasteiger partial charge in [-0.3, -0.25) is 9.52 Å². The molecule has 39 heavy (non-hydrogen) atoms. The minimum absolute atomic E-state index is 0.0227. The normalized spacial score (nSPS) is 15.1. The van der Waals surface area contributed by atoms with Gasteiger partial charge in [-0.2, -0.15) is 4.31 Å². The molecule has 0 unspecified atom stereocenters. The van der Waals surface area contributed by atoms with Gasteiger partial charge in [-0.25, -0.2) is 16.8 Å². The monoisotopic (exact) mass is 571 g/mol. The van der Waals surface area contributed by atoms with Crippen LogP contribution in [0, 0.1) is 12.8 Å². The Hall–Kier alpha value is -3.41. The number of aryl methyl sites for hydroxylation is 1. The van der Waals surface area contributed by atoms with Crippen LogP contribution in [0.25, 0.3) is 0 Å². The molecule has 11 heteroatoms. The van der Waals surface area contributed by atoms with Crippen molar-refractivity contribution in [2.45, 2.75) is 43.4 Å². The topological polar surface area (TPSA) is 122 Å². The highest BCUT2D eigenvalue weighted by Gasteiger charge is 2.29. The molecule has 1 saturated heterocycles. The molecule has 0 bridgehead atoms. The maximum absolute atomic E-state index is 13.2. The van der Waals surface area contributed by atoms with E-state index in [1.54, 1.807) is 37.3 Å². The molecule has 0 aromatic heterocycles. The fourth-order valence-corrected chi connectivity index (χ4v) is 6.85. The SMILES string of the molecule is CCOc1ccc(NS(=O)(=O)c2ccc(NC(=O)c3cc(S(=O)(=O)N4CCC(C)CC4)ccc3C)cc2)cc1. The molecule has 208 valence electrons. The zero-order chi connectivity index (χ0) is 28.2. The minimum atomic E-state index is -3.85. The number of carbonyl (C=O) groups is 1. The van der Waals surface area contributed by atoms with Crippen LogP contribution in [0.4, 0.5) is 11.4 Å². The van der Waals surface area contributed by atoms with Crippen LogP contribution in [0.2, 0.25) is 0 Å². The molecular formula is C28H33N3O6S2. The van der Waals surface area contributed by atoms with E-state index >= 15 is 0 Å². The lowest BCUT2D eigenvalue weighted by molar-refractivity contribution is 0.102. The zero-order valence-corrected chi connectivity index (χ0v) is 23.8. The number of piperidine rings is 1. The quantitative estimate of drug-likeness (QED) is 0.378. The summed E-state index contributed by atoms with van der Waals surface area (Å²) in [6.45, 7) is 7.14. The molecule has 0 aliphatic carbocycles. The van der Waals surface area contributed by atoms with E-state index in [4.69, 9.17) is 4.74 Å². The summed E-state index contributed by atoms with van der Waals surface area (Å²) in [5, 5.41) is 2.73. The summed E-state index contributed by atoms with van der Waals surface area (Å²) in [6.07, 6.45) is 1.61. The second-order valence-electron chi connectivity index (χ2n) is 9.60. The number of sulfonamides is 2. The first kappa shape index (κ1) is 28.6. The molecule has 0 saturated carbocycles. The van der Waals surface area contributed by atoms with Crippen LogP contribution in [0.1, 0.15) is 42.6 Å². The minimum Gasteiger partial charge on any atom is -0.494 e. The smallest absolute Gasteiger partial charge is 0.261 e. The summed E-state index contributed by atoms with van der Waals surface area (Å²) < 4.78 is 61.3. The molecule has 0 radical (unpaired) electrons. The number of hydrogen-bond donors (Lipinski definition) is 2. The fraction of sp³-hybridized carbons (Fsp3) is 0.321. The Bertz CT molecular complexity index is 1530. The molecule has 2 N–H and O–H groups in total. The molecule has 1 aliphatic heterocycles. The van der Waals surface area contributed by atoms with Crippen molar-refractivity contribution in [1.29, 1.82) is 0 Å². The molecule has 9 nitrogen and oxygen atoms in total. The van der Waals surface area contributed by atoms with E-state index in [9.17, 15) is 21.6 Å². The fourth-order valence-electron chi connectivity index (χ4n) is 4.30. The van der Waals surface area contributed by atoms with E-state index in [0.717, 1.165) is 12.8 Å². The van der Waals surface area contributed by atoms with Crippen LogP contribution >= 0.6 is 0 Å². The first-order valence-corrected chi connectivity index (χ1v) is 15.7. The van der Waals surface area contributed by atoms with Crippen LogP contribution in [-0.4, -0.2) is 46.7 Å². The second-order valence-corrected chi connectivity index (χ2v) is 13.2. The van der Waals surface area contributed by atoms with E-state index in [1.807, 2.05) is 6.92 Å². The van der Waals surface area contributed by atoms with Crippen LogP contribution in [0.5, 0.6) is 5.75 Å². The molecule has 1 fully saturated rings. The summed E-state index contributed by atoms with van der Waals surface area (Å²) in [5.74, 6) is 0.639. The van der Waals surface area contributed by atoms with Gasteiger partial charge < -0.3 is 10.1 Å². The summed E-state index contributed by atoms with van der Waals surface area (Å²) in [7, 11) is -7.57. The van der Waals surface area contributed by atoms with Gasteiger partial charge in [0, 0.05) is 30.0 Å². The van der Waals surface area contributed by atoms with E-state index in [1.165, 1.54) is 40.7 Å². The van der Waals surface area contributed by atoms with Crippen molar-refractivity contribution in [3.63, 3.8) is 0 Å². The van der Waals surface area contributed by atoms with Gasteiger partial charge in [0.15, 0.2) is 0 Å². The Labute approximate surface area is 230 Å². The number of amides is 1. The van der Waals surface area contributed by atoms with Gasteiger partial charge in [0.25, 0.3) is 15.9 Å². The summed E-state index contributed by atoms with van der Waals surface area (Å²) in [5.41, 5.74) is 1.62. The van der Waals surface area contributed by atoms with Crippen LogP contribution in [-0.2, 0) is 20.0 Å². The lowest BCUT2D eigenvalue weighted by atomic mass is 10.0. The van der Waals surface area contributed by atoms with Crippen molar-refractivity contribution in [3.8, 4) is 5.75 Å². The first-order valence-electron chi connectivity index (χ1n) is 12.8. The molecular weight excluding hydrogens is 538 g/mol. The maximum Gasteiger partial charge on any atom is 0.261 e. The average Bonchev–Trinajstić information content (AvgIpc) is 2.90. The highest BCUT2D eigenvalue weighted by molar-refractivity contribution is 7.92. The molecule has 4 rings (SSSR count). The van der Waals surface area contributed by atoms with Gasteiger partial charge in [0.05, 0.1) is 16.4 Å². The Morgan fingerprint density at radius 1 is 0.897 bits per heavy atom. The van der Waals surface area contributed by atoms with E-state index in [0.29, 0.717) is 48.3 Å². The van der Waals surface area contributed by atoms with Crippen LogP contribution in [0.15, 0.2) is 76.5 Å². The Morgan fingerprint density at radius 2 is 1.49 bits per heavy atom. The number of nitrogens with one attached hydrogen (secondary N) is 2. The molecule has 3 aromatic rings. The van der Waals surface area contributed by atoms with Crippen molar-refractivity contribution in [2.24, 2.45) is 5.92 Å². The number of benzene rings is 3. The molecule has 3 aromatic carbocycles. The first-order chi connectivity index (χ1) is 18.5. The Kier molecular flexibility index (Phi) is 8.63. The predicted molar refractivity (Wildman–Crippen MR) is 151 cm³/mol. The van der Waals surface area contributed by atoms with Crippen molar-refractivity contribution in [3.05, 3.63) is 77.9 Å². The van der Waals surface area contributed by atoms with Gasteiger partial charge in [-0.05, 0) is 98.8 Å². The molecule has 0 atom stereocenters. The third kappa shape index (κ3) is 6.78. The highest BCUT2D eigenvalue weighted by Crippen LogP contribution is 2.26. The average molecular weight is 572 g/mol. The third-order valence-corrected chi connectivity index (χ3v) is 9.97. The van der Waals surface area contributed by atoms with Gasteiger partial charge in [-0.1, -0.05) is 13.0 Å². The van der Waals surface area contributed by atoms with Gasteiger partial charge in [-0.15, -0.1) is 0 Å². The lowest BCUT2D eigenvalue weighted by Crippen LogP contribution is -2.38. The van der Waals surface area contributed by atoms with Crippen molar-refractivity contribution in [2.75, 3.05) is 29.7 Å². The molecule has 1 aliphatic rings. The number of rotatable bonds is 9. The zero-order valence-electron chi connectivity index (χ0n) is 22.2. The third-order valence-electron chi connectivity index (χ3n) is 6.67. The lowest BCUT2D eigenvalue weighted by Gasteiger charge is -2.29. The Balaban J connectivity index is 1.46. The van der Waals surface area contributed by atoms with Gasteiger partial charge in [0.1, 0.15) is 5.75 Å². The molecule has 1 amide bonds. The summed E-state index contributed by atoms with van der Waals surface area (Å²) in [6, 6.07) is 16.9. The van der Waals surface area contributed by atoms with Gasteiger partial charge in [0.2, 0.25) is 10.0 Å². The second kappa shape index (κ2) is 11.8. The number of hydrogen-bond acceptors (Lipinski definition) is 6.